The fourth-order valence-electron chi connectivity index (χ4n) is 21.4. The molecule has 8 aromatic rings. The topological polar surface area (TPSA) is 309 Å². The fraction of sp³-hybridized carbons (Fsp3) is 0.536. The minimum absolute atomic E-state index is 0.000983. The molecule has 0 aliphatic carbocycles. The maximum atomic E-state index is 12.9. The van der Waals surface area contributed by atoms with Crippen LogP contribution in [0.1, 0.15) is 289 Å². The Morgan fingerprint density at radius 1 is 0.367 bits per heavy atom. The lowest BCUT2D eigenvalue weighted by Crippen LogP contribution is -2.44. The number of carbonyl (C=O) groups excluding carboxylic acids is 7. The minimum Gasteiger partial charge on any atom is -0.453 e. The van der Waals surface area contributed by atoms with Crippen LogP contribution in [0.3, 0.4) is 0 Å². The number of nitrogens with one attached hydrogen (secondary N) is 4. The predicted octanol–water partition coefficient (Wildman–Crippen LogP) is 19.0. The zero-order chi connectivity index (χ0) is 109. The lowest BCUT2D eigenvalue weighted by molar-refractivity contribution is -0.141. The number of piperidine rings is 4. The van der Waals surface area contributed by atoms with Crippen molar-refractivity contribution in [1.82, 2.24) is 79.8 Å². The molecule has 5 atom stereocenters. The largest absolute Gasteiger partial charge is 0.453 e. The molecule has 8 aliphatic heterocycles. The molecule has 0 radical (unpaired) electrons. The molecule has 27 nitrogen and oxygen atoms in total. The molecule has 5 N–H and O–H groups in total. The second kappa shape index (κ2) is 50.3. The van der Waals surface area contributed by atoms with Crippen molar-refractivity contribution < 1.29 is 105 Å². The molecular formula is C110H138F12N16O11S. The number of aliphatic hydroxyl groups excluding tert-OH is 1. The summed E-state index contributed by atoms with van der Waals surface area (Å²) in [5.74, 6) is 1.28. The van der Waals surface area contributed by atoms with Crippen LogP contribution in [0.25, 0.3) is 0 Å². The number of rotatable bonds is 28. The van der Waals surface area contributed by atoms with E-state index in [0.717, 1.165) is 167 Å². The quantitative estimate of drug-likeness (QED) is 0.0285. The normalized spacial score (nSPS) is 19.1. The van der Waals surface area contributed by atoms with Crippen LogP contribution in [0.5, 0.6) is 0 Å². The zero-order valence-corrected chi connectivity index (χ0v) is 87.7. The lowest BCUT2D eigenvalue weighted by atomic mass is 9.96. The molecule has 0 bridgehead atoms. The number of benzene rings is 4. The van der Waals surface area contributed by atoms with Gasteiger partial charge in [-0.15, -0.1) is 0 Å². The Kier molecular flexibility index (Phi) is 38.8. The van der Waals surface area contributed by atoms with Gasteiger partial charge in [-0.1, -0.05) is 111 Å². The summed E-state index contributed by atoms with van der Waals surface area (Å²) >= 11 is 0. The summed E-state index contributed by atoms with van der Waals surface area (Å²) in [6.07, 6.45) is -5.55. The van der Waals surface area contributed by atoms with E-state index in [0.29, 0.717) is 165 Å². The van der Waals surface area contributed by atoms with Gasteiger partial charge in [0, 0.05) is 162 Å². The van der Waals surface area contributed by atoms with Crippen LogP contribution in [0.4, 0.5) is 57.5 Å². The summed E-state index contributed by atoms with van der Waals surface area (Å²) in [6.45, 7) is 32.7. The predicted molar refractivity (Wildman–Crippen MR) is 540 cm³/mol. The number of aliphatic hydroxyl groups is 1. The van der Waals surface area contributed by atoms with Crippen molar-refractivity contribution in [3.8, 4) is 0 Å². The van der Waals surface area contributed by atoms with Crippen molar-refractivity contribution in [2.45, 2.75) is 241 Å². The van der Waals surface area contributed by atoms with Gasteiger partial charge in [0.15, 0.2) is 0 Å². The van der Waals surface area contributed by atoms with Crippen LogP contribution in [0.15, 0.2) is 146 Å². The number of ether oxygens (including phenoxy) is 1. The van der Waals surface area contributed by atoms with E-state index in [9.17, 15) is 99.8 Å². The van der Waals surface area contributed by atoms with E-state index in [1.165, 1.54) is 66.9 Å². The molecule has 8 aliphatic rings. The Morgan fingerprint density at radius 3 is 0.813 bits per heavy atom. The summed E-state index contributed by atoms with van der Waals surface area (Å²) in [4.78, 5) is 120. The van der Waals surface area contributed by atoms with Gasteiger partial charge >= 0.3 is 30.8 Å². The van der Waals surface area contributed by atoms with E-state index < -0.39 is 63.1 Å². The number of sulfonamides is 1. The fourth-order valence-corrected chi connectivity index (χ4v) is 22.6. The second-order valence-electron chi connectivity index (χ2n) is 41.8. The van der Waals surface area contributed by atoms with Crippen molar-refractivity contribution in [2.24, 2.45) is 47.3 Å². The molecular weight excluding hydrogens is 1980 g/mol. The minimum atomic E-state index is -4.36. The standard InChI is InChI=1S/C28H35F3N4O3.C28H35F3N4O2.C27H35F3N4O3S.C27H33F3N4O3/c1-17(2)25-24-22(16-35(25)15-20-4-6-23(7-5-20)28(29,30)31)12-21(14-32-24)26(37)33-13-19-8-10-34(11-9-19)27(38)18(3)36;1-4-24(36)34-11-9-19(10-12-34)14-33-27(37)21-13-22-17-35(26(18(2)3)25(22)32-15-21)16-20-5-7-23(8-6-20)28(29,30)31;1-4-38(36,37)34-11-9-19(10-12-34)14-32-26(35)21-13-22-17-33(25(18(2)3)24(22)31-15-21)16-20-5-7-23(8-6-20)27(28,29)30;1-17(2)24-23-21(16-34(24)15-19-4-6-22(7-5-19)27(28,29)30)12-20(14-31-23)25(35)32-13-18-8-10-33(11-9-18)26(36)37-3/h4-7,12,14,17-19,25,36H,8-11,13,15-16H2,1-3H3,(H,33,37);5-8,13,15,18-19,26H,4,9-12,14,16-17H2,1-3H3,(H,33,37);5-8,13,15,18-19,25H,4,9-12,14,16-17H2,1-3H3,(H,32,35);4-7,12,14,17-18,24H,8-11,13,15-16H2,1-3H3,(H,32,35)/t18?,25-;26-;25-;24-/m0000/s1. The third kappa shape index (κ3) is 29.9. The van der Waals surface area contributed by atoms with E-state index in [2.05, 4.69) is 116 Å². The van der Waals surface area contributed by atoms with E-state index in [4.69, 9.17) is 4.74 Å². The first-order valence-corrected chi connectivity index (χ1v) is 53.3. The van der Waals surface area contributed by atoms with Gasteiger partial charge in [0.25, 0.3) is 29.5 Å². The Bertz CT molecular complexity index is 5890. The van der Waals surface area contributed by atoms with Gasteiger partial charge in [-0.25, -0.2) is 17.5 Å². The molecule has 0 spiro atoms. The first kappa shape index (κ1) is 116. The van der Waals surface area contributed by atoms with Crippen LogP contribution in [-0.2, 0) is 101 Å². The molecule has 4 saturated heterocycles. The maximum Gasteiger partial charge on any atom is 0.416 e. The Labute approximate surface area is 869 Å². The van der Waals surface area contributed by atoms with Gasteiger partial charge in [0.05, 0.1) is 104 Å². The Balaban J connectivity index is 0.000000167. The van der Waals surface area contributed by atoms with Gasteiger partial charge in [-0.05, 0) is 230 Å². The first-order valence-electron chi connectivity index (χ1n) is 51.7. The monoisotopic (exact) mass is 2120 g/mol. The molecule has 12 heterocycles. The number of hydrogen-bond acceptors (Lipinski definition) is 19. The SMILES string of the molecule is CC(O)C(=O)N1CCC(CNC(=O)c2cnc3c(c2)CN(Cc2ccc(C(F)(F)F)cc2)[C@H]3C(C)C)CC1.CCC(=O)N1CCC(CNC(=O)c2cnc3c(c2)CN(Cc2ccc(C(F)(F)F)cc2)[C@H]3C(C)C)CC1.CCS(=O)(=O)N1CCC(CNC(=O)c2cnc3c(c2)CN(Cc2ccc(C(F)(F)F)cc2)[C@H]3C(C)C)CC1.COC(=O)N1CCC(CNC(=O)c2cnc3c(c2)CN(Cc2ccc(C(F)(F)F)cc2)[C@H]3C(C)C)CC1. The highest BCUT2D eigenvalue weighted by Gasteiger charge is 2.43. The third-order valence-corrected chi connectivity index (χ3v) is 31.5. The van der Waals surface area contributed by atoms with Gasteiger partial charge in [0.1, 0.15) is 6.10 Å². The first-order chi connectivity index (χ1) is 70.9. The van der Waals surface area contributed by atoms with Crippen LogP contribution in [0, 0.1) is 47.3 Å². The van der Waals surface area contributed by atoms with Crippen LogP contribution in [-0.4, -0.2) is 211 Å². The second-order valence-corrected chi connectivity index (χ2v) is 44.1. The highest BCUT2D eigenvalue weighted by Crippen LogP contribution is 2.46. The number of methoxy groups -OCH3 is 1. The maximum absolute atomic E-state index is 12.9. The number of nitrogens with zero attached hydrogens (tertiary/aromatic N) is 12. The van der Waals surface area contributed by atoms with E-state index in [-0.39, 0.29) is 113 Å². The Morgan fingerprint density at radius 2 is 0.600 bits per heavy atom. The number of alkyl halides is 12. The number of fused-ring (bicyclic) bond motifs is 4. The number of carbonyl (C=O) groups is 7. The van der Waals surface area contributed by atoms with Crippen LogP contribution in [0.2, 0.25) is 0 Å². The van der Waals surface area contributed by atoms with Crippen molar-refractivity contribution in [1.29, 1.82) is 0 Å². The lowest BCUT2D eigenvalue weighted by Gasteiger charge is -2.32. The smallest absolute Gasteiger partial charge is 0.416 e. The summed E-state index contributed by atoms with van der Waals surface area (Å²) < 4.78 is 186. The number of hydrogen-bond donors (Lipinski definition) is 5. The number of amides is 7. The van der Waals surface area contributed by atoms with Gasteiger partial charge in [0.2, 0.25) is 15.9 Å². The summed E-state index contributed by atoms with van der Waals surface area (Å²) in [7, 11) is -1.81. The van der Waals surface area contributed by atoms with Crippen molar-refractivity contribution in [3.63, 3.8) is 0 Å². The molecule has 4 aromatic heterocycles. The van der Waals surface area contributed by atoms with E-state index in [1.807, 2.05) is 36.1 Å². The number of halogens is 12. The molecule has 4 fully saturated rings. The highest BCUT2D eigenvalue weighted by atomic mass is 32.2. The zero-order valence-electron chi connectivity index (χ0n) is 86.9. The molecule has 40 heteroatoms. The molecule has 150 heavy (non-hydrogen) atoms. The summed E-state index contributed by atoms with van der Waals surface area (Å²) in [5.41, 5.74) is 9.94. The van der Waals surface area contributed by atoms with E-state index in [1.54, 1.807) is 41.5 Å². The molecule has 814 valence electrons. The Hall–Kier alpha value is -11.6. The third-order valence-electron chi connectivity index (χ3n) is 29.6. The van der Waals surface area contributed by atoms with Gasteiger partial charge in [-0.3, -0.25) is 68.3 Å². The van der Waals surface area contributed by atoms with E-state index >= 15 is 0 Å². The van der Waals surface area contributed by atoms with Crippen molar-refractivity contribution in [2.75, 3.05) is 91.4 Å². The number of likely N-dealkylation sites (tertiary alicyclic amines) is 3. The highest BCUT2D eigenvalue weighted by molar-refractivity contribution is 7.89. The summed E-state index contributed by atoms with van der Waals surface area (Å²) in [5, 5.41) is 21.5. The van der Waals surface area contributed by atoms with Crippen molar-refractivity contribution in [3.05, 3.63) is 258 Å². The number of aromatic nitrogens is 4. The molecule has 7 amide bonds. The van der Waals surface area contributed by atoms with Crippen molar-refractivity contribution >= 4 is 51.6 Å². The summed E-state index contributed by atoms with van der Waals surface area (Å²) in [6, 6.07) is 28.6. The van der Waals surface area contributed by atoms with Gasteiger partial charge in [-0.2, -0.15) is 52.7 Å². The molecule has 1 unspecified atom stereocenters. The van der Waals surface area contributed by atoms with Crippen LogP contribution < -0.4 is 21.3 Å². The van der Waals surface area contributed by atoms with Crippen LogP contribution >= 0.6 is 0 Å². The molecule has 4 aromatic carbocycles. The molecule has 0 saturated carbocycles. The number of pyridine rings is 4. The molecule has 16 rings (SSSR count). The average Bonchev–Trinajstić information content (AvgIpc) is 1.64. The van der Waals surface area contributed by atoms with Gasteiger partial charge < -0.3 is 45.8 Å². The average molecular weight is 2120 g/mol.